The molecule has 3 aromatic heterocycles. The van der Waals surface area contributed by atoms with Gasteiger partial charge in [0.15, 0.2) is 5.13 Å². The molecule has 0 aliphatic carbocycles. The van der Waals surface area contributed by atoms with Crippen LogP contribution in [0.25, 0.3) is 10.9 Å². The van der Waals surface area contributed by atoms with E-state index >= 15 is 0 Å². The SMILES string of the molecule is CCN(CC)c1cc(Nc2ncc(C(=O)Nc3c(Br)ccc4[nH]ncc34)s2)ncn1. The summed E-state index contributed by atoms with van der Waals surface area (Å²) in [6, 6.07) is 5.62. The second-order valence-electron chi connectivity index (χ2n) is 6.30. The van der Waals surface area contributed by atoms with Gasteiger partial charge in [0.05, 0.1) is 23.6 Å². The van der Waals surface area contributed by atoms with E-state index in [0.29, 0.717) is 21.5 Å². The van der Waals surface area contributed by atoms with Gasteiger partial charge < -0.3 is 15.5 Å². The predicted octanol–water partition coefficient (Wildman–Crippen LogP) is 4.41. The van der Waals surface area contributed by atoms with Crippen LogP contribution in [-0.2, 0) is 0 Å². The minimum atomic E-state index is -0.249. The van der Waals surface area contributed by atoms with Gasteiger partial charge in [-0.25, -0.2) is 15.0 Å². The van der Waals surface area contributed by atoms with Gasteiger partial charge in [-0.15, -0.1) is 0 Å². The van der Waals surface area contributed by atoms with Gasteiger partial charge in [0.1, 0.15) is 22.8 Å². The van der Waals surface area contributed by atoms with E-state index in [2.05, 4.69) is 70.5 Å². The van der Waals surface area contributed by atoms with Crippen LogP contribution in [0.4, 0.5) is 22.5 Å². The summed E-state index contributed by atoms with van der Waals surface area (Å²) < 4.78 is 0.775. The minimum absolute atomic E-state index is 0.249. The van der Waals surface area contributed by atoms with Crippen molar-refractivity contribution >= 4 is 66.5 Å². The number of thiazole rings is 1. The highest BCUT2D eigenvalue weighted by Crippen LogP contribution is 2.31. The molecule has 0 saturated carbocycles. The van der Waals surface area contributed by atoms with Crippen molar-refractivity contribution < 1.29 is 4.79 Å². The quantitative estimate of drug-likeness (QED) is 0.354. The van der Waals surface area contributed by atoms with Gasteiger partial charge in [-0.1, -0.05) is 11.3 Å². The molecule has 1 aromatic carbocycles. The van der Waals surface area contributed by atoms with Crippen molar-refractivity contribution in [2.45, 2.75) is 13.8 Å². The minimum Gasteiger partial charge on any atom is -0.357 e. The molecule has 4 rings (SSSR count). The van der Waals surface area contributed by atoms with Crippen molar-refractivity contribution in [3.8, 4) is 0 Å². The van der Waals surface area contributed by atoms with Gasteiger partial charge in [-0.05, 0) is 41.9 Å². The molecule has 9 nitrogen and oxygen atoms in total. The van der Waals surface area contributed by atoms with Crippen LogP contribution in [0.15, 0.2) is 41.4 Å². The van der Waals surface area contributed by atoms with E-state index in [4.69, 9.17) is 0 Å². The number of anilines is 4. The van der Waals surface area contributed by atoms with Crippen LogP contribution in [0.1, 0.15) is 23.5 Å². The second-order valence-corrected chi connectivity index (χ2v) is 8.18. The number of benzene rings is 1. The third-order valence-electron chi connectivity index (χ3n) is 4.52. The fraction of sp³-hybridized carbons (Fsp3) is 0.211. The number of rotatable bonds is 7. The summed E-state index contributed by atoms with van der Waals surface area (Å²) in [7, 11) is 0. The van der Waals surface area contributed by atoms with E-state index in [-0.39, 0.29) is 5.91 Å². The molecular formula is C19H19BrN8OS. The van der Waals surface area contributed by atoms with Gasteiger partial charge in [-0.2, -0.15) is 5.10 Å². The standard InChI is InChI=1S/C19H19BrN8OS/c1-3-28(4-2)16-7-15(22-10-23-16)25-19-21-9-14(30-19)18(29)26-17-11-8-24-27-13(11)6-5-12(17)20/h5-10H,3-4H2,1-2H3,(H,24,27)(H,26,29)(H,21,22,23,25). The fourth-order valence-electron chi connectivity index (χ4n) is 2.98. The summed E-state index contributed by atoms with van der Waals surface area (Å²) in [6.45, 7) is 5.86. The Bertz CT molecular complexity index is 1190. The molecule has 11 heteroatoms. The molecule has 0 fully saturated rings. The number of fused-ring (bicyclic) bond motifs is 1. The lowest BCUT2D eigenvalue weighted by atomic mass is 10.2. The summed E-state index contributed by atoms with van der Waals surface area (Å²) in [4.78, 5) is 28.2. The predicted molar refractivity (Wildman–Crippen MR) is 123 cm³/mol. The maximum Gasteiger partial charge on any atom is 0.267 e. The molecule has 3 heterocycles. The van der Waals surface area contributed by atoms with Crippen molar-refractivity contribution in [2.75, 3.05) is 28.6 Å². The Labute approximate surface area is 185 Å². The summed E-state index contributed by atoms with van der Waals surface area (Å²) in [5.41, 5.74) is 1.50. The Kier molecular flexibility index (Phi) is 5.91. The molecule has 1 amide bonds. The summed E-state index contributed by atoms with van der Waals surface area (Å²) in [6.07, 6.45) is 4.73. The lowest BCUT2D eigenvalue weighted by molar-refractivity contribution is 0.103. The molecule has 0 saturated heterocycles. The number of H-pyrrole nitrogens is 1. The number of carbonyl (C=O) groups is 1. The van der Waals surface area contributed by atoms with Gasteiger partial charge in [-0.3, -0.25) is 9.89 Å². The first-order chi connectivity index (χ1) is 14.6. The summed E-state index contributed by atoms with van der Waals surface area (Å²) in [5.74, 6) is 1.21. The van der Waals surface area contributed by atoms with Crippen LogP contribution < -0.4 is 15.5 Å². The molecule has 3 N–H and O–H groups in total. The van der Waals surface area contributed by atoms with Gasteiger partial charge in [0, 0.05) is 29.0 Å². The van der Waals surface area contributed by atoms with E-state index in [1.54, 1.807) is 6.20 Å². The molecule has 0 radical (unpaired) electrons. The molecule has 0 unspecified atom stereocenters. The molecule has 30 heavy (non-hydrogen) atoms. The van der Waals surface area contributed by atoms with Crippen LogP contribution in [-0.4, -0.2) is 44.1 Å². The monoisotopic (exact) mass is 486 g/mol. The summed E-state index contributed by atoms with van der Waals surface area (Å²) >= 11 is 4.73. The van der Waals surface area contributed by atoms with Crippen LogP contribution in [0, 0.1) is 0 Å². The Morgan fingerprint density at radius 2 is 2.03 bits per heavy atom. The first kappa shape index (κ1) is 20.2. The maximum absolute atomic E-state index is 12.8. The third kappa shape index (κ3) is 4.12. The number of nitrogens with one attached hydrogen (secondary N) is 3. The lowest BCUT2D eigenvalue weighted by Crippen LogP contribution is -2.23. The Hall–Kier alpha value is -3.05. The largest absolute Gasteiger partial charge is 0.357 e. The molecule has 0 aliphatic heterocycles. The fourth-order valence-corrected chi connectivity index (χ4v) is 4.14. The van der Waals surface area contributed by atoms with Crippen molar-refractivity contribution in [2.24, 2.45) is 0 Å². The average Bonchev–Trinajstić information content (AvgIpc) is 3.41. The van der Waals surface area contributed by atoms with Crippen LogP contribution in [0.5, 0.6) is 0 Å². The number of aromatic nitrogens is 5. The van der Waals surface area contributed by atoms with Gasteiger partial charge in [0.25, 0.3) is 5.91 Å². The van der Waals surface area contributed by atoms with Crippen molar-refractivity contribution in [3.05, 3.63) is 46.3 Å². The third-order valence-corrected chi connectivity index (χ3v) is 6.09. The highest BCUT2D eigenvalue weighted by atomic mass is 79.9. The van der Waals surface area contributed by atoms with Gasteiger partial charge >= 0.3 is 0 Å². The zero-order chi connectivity index (χ0) is 21.1. The normalized spacial score (nSPS) is 10.9. The molecular weight excluding hydrogens is 468 g/mol. The molecule has 4 aromatic rings. The van der Waals surface area contributed by atoms with E-state index < -0.39 is 0 Å². The van der Waals surface area contributed by atoms with Crippen molar-refractivity contribution in [1.82, 2.24) is 25.1 Å². The highest BCUT2D eigenvalue weighted by Gasteiger charge is 2.16. The number of hydrogen-bond donors (Lipinski definition) is 3. The van der Waals surface area contributed by atoms with Crippen LogP contribution >= 0.6 is 27.3 Å². The molecule has 0 spiro atoms. The number of carbonyl (C=O) groups excluding carboxylic acids is 1. The number of nitrogens with zero attached hydrogens (tertiary/aromatic N) is 5. The van der Waals surface area contributed by atoms with Gasteiger partial charge in [0.2, 0.25) is 0 Å². The van der Waals surface area contributed by atoms with Crippen molar-refractivity contribution in [3.63, 3.8) is 0 Å². The average molecular weight is 487 g/mol. The van der Waals surface area contributed by atoms with Crippen LogP contribution in [0.3, 0.4) is 0 Å². The number of hydrogen-bond acceptors (Lipinski definition) is 8. The highest BCUT2D eigenvalue weighted by molar-refractivity contribution is 9.10. The zero-order valence-electron chi connectivity index (χ0n) is 16.3. The first-order valence-corrected chi connectivity index (χ1v) is 10.9. The van der Waals surface area contributed by atoms with Crippen molar-refractivity contribution in [1.29, 1.82) is 0 Å². The van der Waals surface area contributed by atoms with E-state index in [1.807, 2.05) is 18.2 Å². The number of halogens is 1. The maximum atomic E-state index is 12.8. The van der Waals surface area contributed by atoms with Crippen LogP contribution in [0.2, 0.25) is 0 Å². The Morgan fingerprint density at radius 1 is 1.20 bits per heavy atom. The van der Waals surface area contributed by atoms with E-state index in [0.717, 1.165) is 34.3 Å². The van der Waals surface area contributed by atoms with E-state index in [9.17, 15) is 4.79 Å². The molecule has 154 valence electrons. The Balaban J connectivity index is 1.50. The molecule has 0 atom stereocenters. The first-order valence-electron chi connectivity index (χ1n) is 9.31. The topological polar surface area (TPSA) is 112 Å². The lowest BCUT2D eigenvalue weighted by Gasteiger charge is -2.19. The second kappa shape index (κ2) is 8.76. The smallest absolute Gasteiger partial charge is 0.267 e. The molecule has 0 bridgehead atoms. The number of aromatic amines is 1. The zero-order valence-corrected chi connectivity index (χ0v) is 18.7. The number of amides is 1. The van der Waals surface area contributed by atoms with E-state index in [1.165, 1.54) is 23.9 Å². The molecule has 0 aliphatic rings. The summed E-state index contributed by atoms with van der Waals surface area (Å²) in [5, 5.41) is 14.4. The Morgan fingerprint density at radius 3 is 2.83 bits per heavy atom.